The molecule has 1 aliphatic heterocycles. The van der Waals surface area contributed by atoms with Gasteiger partial charge in [0.25, 0.3) is 5.91 Å². The quantitative estimate of drug-likeness (QED) is 0.874. The first kappa shape index (κ1) is 14.8. The monoisotopic (exact) mass is 302 g/mol. The van der Waals surface area contributed by atoms with E-state index in [1.165, 1.54) is 0 Å². The summed E-state index contributed by atoms with van der Waals surface area (Å²) in [5.41, 5.74) is 1.52. The van der Waals surface area contributed by atoms with Gasteiger partial charge in [-0.3, -0.25) is 9.48 Å². The first-order valence-electron chi connectivity index (χ1n) is 7.77. The third-order valence-corrected chi connectivity index (χ3v) is 3.90. The van der Waals surface area contributed by atoms with Crippen LogP contribution in [0.15, 0.2) is 16.8 Å². The minimum Gasteiger partial charge on any atom is -0.445 e. The van der Waals surface area contributed by atoms with Gasteiger partial charge < -0.3 is 9.32 Å². The van der Waals surface area contributed by atoms with Gasteiger partial charge in [0.1, 0.15) is 11.5 Å². The van der Waals surface area contributed by atoms with Gasteiger partial charge in [0.2, 0.25) is 0 Å². The van der Waals surface area contributed by atoms with Crippen LogP contribution in [0.2, 0.25) is 0 Å². The van der Waals surface area contributed by atoms with Gasteiger partial charge in [-0.05, 0) is 13.8 Å². The van der Waals surface area contributed by atoms with E-state index in [9.17, 15) is 4.79 Å². The zero-order valence-corrected chi connectivity index (χ0v) is 13.5. The summed E-state index contributed by atoms with van der Waals surface area (Å²) >= 11 is 0. The number of amides is 1. The smallest absolute Gasteiger partial charge is 0.257 e. The molecule has 118 valence electrons. The fraction of sp³-hybridized carbons (Fsp3) is 0.562. The number of hydrogen-bond acceptors (Lipinski definition) is 4. The van der Waals surface area contributed by atoms with Gasteiger partial charge in [0.05, 0.1) is 18.3 Å². The van der Waals surface area contributed by atoms with Crippen LogP contribution in [0, 0.1) is 0 Å². The van der Waals surface area contributed by atoms with E-state index >= 15 is 0 Å². The molecule has 22 heavy (non-hydrogen) atoms. The number of fused-ring (bicyclic) bond motifs is 1. The predicted molar refractivity (Wildman–Crippen MR) is 81.6 cm³/mol. The van der Waals surface area contributed by atoms with E-state index in [0.29, 0.717) is 18.7 Å². The van der Waals surface area contributed by atoms with Crippen molar-refractivity contribution in [2.45, 2.75) is 52.6 Å². The summed E-state index contributed by atoms with van der Waals surface area (Å²) in [6, 6.07) is 0.249. The third-order valence-electron chi connectivity index (χ3n) is 3.90. The highest BCUT2D eigenvalue weighted by molar-refractivity contribution is 5.93. The van der Waals surface area contributed by atoms with Crippen molar-refractivity contribution in [1.82, 2.24) is 19.7 Å². The average Bonchev–Trinajstić information content (AvgIpc) is 3.12. The molecule has 0 N–H and O–H groups in total. The fourth-order valence-electron chi connectivity index (χ4n) is 2.55. The van der Waals surface area contributed by atoms with Gasteiger partial charge >= 0.3 is 0 Å². The van der Waals surface area contributed by atoms with Crippen molar-refractivity contribution in [2.24, 2.45) is 0 Å². The van der Waals surface area contributed by atoms with E-state index in [1.54, 1.807) is 10.9 Å². The van der Waals surface area contributed by atoms with Crippen LogP contribution in [0.5, 0.6) is 0 Å². The van der Waals surface area contributed by atoms with Gasteiger partial charge in [0.15, 0.2) is 5.89 Å². The summed E-state index contributed by atoms with van der Waals surface area (Å²) in [4.78, 5) is 18.9. The molecule has 1 amide bonds. The number of aromatic nitrogens is 3. The van der Waals surface area contributed by atoms with Gasteiger partial charge in [-0.25, -0.2) is 4.98 Å². The Kier molecular flexibility index (Phi) is 3.76. The molecular formula is C16H22N4O2. The first-order valence-corrected chi connectivity index (χ1v) is 7.77. The van der Waals surface area contributed by atoms with E-state index in [0.717, 1.165) is 23.8 Å². The van der Waals surface area contributed by atoms with E-state index in [2.05, 4.69) is 23.9 Å². The van der Waals surface area contributed by atoms with Crippen molar-refractivity contribution in [3.05, 3.63) is 35.3 Å². The highest BCUT2D eigenvalue weighted by Crippen LogP contribution is 2.24. The Bertz CT molecular complexity index is 684. The SMILES string of the molecule is CC(C)c1nc2c(o1)CCN(C(=O)c1cnn(C(C)C)c1)C2. The summed E-state index contributed by atoms with van der Waals surface area (Å²) in [6.07, 6.45) is 4.17. The largest absolute Gasteiger partial charge is 0.445 e. The number of rotatable bonds is 3. The molecule has 2 aromatic rings. The van der Waals surface area contributed by atoms with Crippen LogP contribution in [0.25, 0.3) is 0 Å². The minimum absolute atomic E-state index is 0.00615. The van der Waals surface area contributed by atoms with Crippen molar-refractivity contribution in [2.75, 3.05) is 6.54 Å². The molecule has 3 heterocycles. The maximum Gasteiger partial charge on any atom is 0.257 e. The Morgan fingerprint density at radius 2 is 2.09 bits per heavy atom. The molecule has 1 aliphatic rings. The van der Waals surface area contributed by atoms with Gasteiger partial charge in [0, 0.05) is 31.1 Å². The number of carbonyl (C=O) groups is 1. The van der Waals surface area contributed by atoms with E-state index in [-0.39, 0.29) is 17.9 Å². The van der Waals surface area contributed by atoms with E-state index < -0.39 is 0 Å². The Balaban J connectivity index is 1.77. The molecule has 3 rings (SSSR count). The molecule has 0 unspecified atom stereocenters. The summed E-state index contributed by atoms with van der Waals surface area (Å²) < 4.78 is 7.57. The van der Waals surface area contributed by atoms with Crippen LogP contribution in [0.4, 0.5) is 0 Å². The second-order valence-corrected chi connectivity index (χ2v) is 6.36. The minimum atomic E-state index is 0.00615. The van der Waals surface area contributed by atoms with Crippen molar-refractivity contribution in [3.63, 3.8) is 0 Å². The molecule has 0 saturated heterocycles. The summed E-state index contributed by atoms with van der Waals surface area (Å²) in [5.74, 6) is 1.95. The highest BCUT2D eigenvalue weighted by Gasteiger charge is 2.27. The van der Waals surface area contributed by atoms with Crippen LogP contribution in [-0.4, -0.2) is 32.1 Å². The predicted octanol–water partition coefficient (Wildman–Crippen LogP) is 2.77. The number of hydrogen-bond donors (Lipinski definition) is 0. The zero-order chi connectivity index (χ0) is 15.9. The Hall–Kier alpha value is -2.11. The number of oxazole rings is 1. The molecule has 0 aromatic carbocycles. The topological polar surface area (TPSA) is 64.2 Å². The van der Waals surface area contributed by atoms with Crippen LogP contribution in [0.3, 0.4) is 0 Å². The Morgan fingerprint density at radius 1 is 1.32 bits per heavy atom. The van der Waals surface area contributed by atoms with Crippen LogP contribution < -0.4 is 0 Å². The molecule has 2 aromatic heterocycles. The van der Waals surface area contributed by atoms with Crippen LogP contribution >= 0.6 is 0 Å². The van der Waals surface area contributed by atoms with Crippen molar-refractivity contribution in [3.8, 4) is 0 Å². The summed E-state index contributed by atoms with van der Waals surface area (Å²) in [6.45, 7) is 9.36. The lowest BCUT2D eigenvalue weighted by molar-refractivity contribution is 0.0727. The molecule has 0 aliphatic carbocycles. The van der Waals surface area contributed by atoms with Crippen LogP contribution in [-0.2, 0) is 13.0 Å². The lowest BCUT2D eigenvalue weighted by Gasteiger charge is -2.24. The van der Waals surface area contributed by atoms with E-state index in [1.807, 2.05) is 24.9 Å². The second kappa shape index (κ2) is 5.59. The molecule has 0 spiro atoms. The first-order chi connectivity index (χ1) is 10.5. The molecule has 6 nitrogen and oxygen atoms in total. The summed E-state index contributed by atoms with van der Waals surface area (Å²) in [5, 5.41) is 4.24. The highest BCUT2D eigenvalue weighted by atomic mass is 16.4. The lowest BCUT2D eigenvalue weighted by atomic mass is 10.1. The standard InChI is InChI=1S/C16H22N4O2/c1-10(2)15-18-13-9-19(6-5-14(13)22-15)16(21)12-7-17-20(8-12)11(3)4/h7-8,10-11H,5-6,9H2,1-4H3. The molecule has 0 saturated carbocycles. The van der Waals surface area contributed by atoms with E-state index in [4.69, 9.17) is 4.42 Å². The maximum atomic E-state index is 12.6. The maximum absolute atomic E-state index is 12.6. The lowest BCUT2D eigenvalue weighted by Crippen LogP contribution is -2.35. The second-order valence-electron chi connectivity index (χ2n) is 6.36. The molecule has 0 atom stereocenters. The molecule has 0 bridgehead atoms. The van der Waals surface area contributed by atoms with Gasteiger partial charge in [-0.15, -0.1) is 0 Å². The van der Waals surface area contributed by atoms with Gasteiger partial charge in [-0.2, -0.15) is 5.10 Å². The average molecular weight is 302 g/mol. The third kappa shape index (κ3) is 2.65. The van der Waals surface area contributed by atoms with Crippen molar-refractivity contribution < 1.29 is 9.21 Å². The Labute approximate surface area is 130 Å². The number of nitrogens with zero attached hydrogens (tertiary/aromatic N) is 4. The number of carbonyl (C=O) groups excluding carboxylic acids is 1. The molecule has 0 fully saturated rings. The summed E-state index contributed by atoms with van der Waals surface area (Å²) in [7, 11) is 0. The van der Waals surface area contributed by atoms with Crippen molar-refractivity contribution in [1.29, 1.82) is 0 Å². The fourth-order valence-corrected chi connectivity index (χ4v) is 2.55. The Morgan fingerprint density at radius 3 is 2.73 bits per heavy atom. The molecular weight excluding hydrogens is 280 g/mol. The molecule has 0 radical (unpaired) electrons. The van der Waals surface area contributed by atoms with Crippen LogP contribution in [0.1, 0.15) is 67.4 Å². The normalized spacial score (nSPS) is 14.7. The zero-order valence-electron chi connectivity index (χ0n) is 13.5. The van der Waals surface area contributed by atoms with Gasteiger partial charge in [-0.1, -0.05) is 13.8 Å². The molecule has 6 heteroatoms. The van der Waals surface area contributed by atoms with Crippen molar-refractivity contribution >= 4 is 5.91 Å².